The molecule has 0 bridgehead atoms. The number of ether oxygens (including phenoxy) is 2. The summed E-state index contributed by atoms with van der Waals surface area (Å²) in [5.74, 6) is 0.830. The minimum Gasteiger partial charge on any atom is -0.462 e. The molecule has 1 aliphatic carbocycles. The van der Waals surface area contributed by atoms with Gasteiger partial charge in [0.25, 0.3) is 0 Å². The molecular weight excluding hydrogens is 412 g/mol. The van der Waals surface area contributed by atoms with E-state index in [1.807, 2.05) is 0 Å². The summed E-state index contributed by atoms with van der Waals surface area (Å²) < 4.78 is 10.2. The van der Waals surface area contributed by atoms with E-state index in [9.17, 15) is 9.59 Å². The molecule has 10 heteroatoms. The van der Waals surface area contributed by atoms with Gasteiger partial charge in [0, 0.05) is 17.7 Å². The van der Waals surface area contributed by atoms with Gasteiger partial charge in [-0.1, -0.05) is 37.4 Å². The van der Waals surface area contributed by atoms with Crippen molar-refractivity contribution in [3.8, 4) is 0 Å². The molecule has 2 aromatic heterocycles. The monoisotopic (exact) mass is 438 g/mol. The van der Waals surface area contributed by atoms with Gasteiger partial charge in [-0.2, -0.15) is 0 Å². The van der Waals surface area contributed by atoms with Crippen LogP contribution in [0.5, 0.6) is 0 Å². The number of nitrogens with one attached hydrogen (secondary N) is 1. The quantitative estimate of drug-likeness (QED) is 0.448. The maximum absolute atomic E-state index is 12.4. The van der Waals surface area contributed by atoms with Gasteiger partial charge in [-0.15, -0.1) is 16.4 Å². The number of hydrogen-bond acceptors (Lipinski definition) is 9. The van der Waals surface area contributed by atoms with Crippen molar-refractivity contribution in [3.05, 3.63) is 21.8 Å². The van der Waals surface area contributed by atoms with Gasteiger partial charge in [0.1, 0.15) is 15.7 Å². The summed E-state index contributed by atoms with van der Waals surface area (Å²) in [6.07, 6.45) is 5.95. The lowest BCUT2D eigenvalue weighted by Gasteiger charge is -2.06. The molecule has 0 atom stereocenters. The van der Waals surface area contributed by atoms with Crippen LogP contribution in [0.4, 0.5) is 5.00 Å². The first-order valence-corrected chi connectivity index (χ1v) is 11.6. The number of H-pyrrole nitrogens is 1. The normalized spacial score (nSPS) is 14.3. The lowest BCUT2D eigenvalue weighted by atomic mass is 10.0. The van der Waals surface area contributed by atoms with Crippen LogP contribution in [-0.2, 0) is 21.6 Å². The van der Waals surface area contributed by atoms with Crippen molar-refractivity contribution < 1.29 is 19.1 Å². The standard InChI is InChI=1S/C19H26N4O4S2/c1-3-26-17(24)14-12(15(29-16(14)20)18(25)27-4-2)10-28-19-21-13(22-23-19)9-11-7-5-6-8-11/h11H,3-10,20H2,1-2H3,(H,21,22,23). The highest BCUT2D eigenvalue weighted by molar-refractivity contribution is 7.98. The van der Waals surface area contributed by atoms with Crippen molar-refractivity contribution in [2.75, 3.05) is 18.9 Å². The van der Waals surface area contributed by atoms with Gasteiger partial charge in [0.05, 0.1) is 18.8 Å². The topological polar surface area (TPSA) is 120 Å². The van der Waals surface area contributed by atoms with Crippen molar-refractivity contribution >= 4 is 40.0 Å². The van der Waals surface area contributed by atoms with Crippen LogP contribution in [0, 0.1) is 5.92 Å². The Labute approximate surface area is 177 Å². The van der Waals surface area contributed by atoms with Crippen molar-refractivity contribution in [2.45, 2.75) is 56.9 Å². The molecule has 8 nitrogen and oxygen atoms in total. The van der Waals surface area contributed by atoms with Crippen LogP contribution >= 0.6 is 23.1 Å². The Kier molecular flexibility index (Phi) is 7.54. The fourth-order valence-electron chi connectivity index (χ4n) is 3.47. The molecule has 0 aromatic carbocycles. The highest BCUT2D eigenvalue weighted by Gasteiger charge is 2.28. The second-order valence-electron chi connectivity index (χ2n) is 6.80. The molecular formula is C19H26N4O4S2. The van der Waals surface area contributed by atoms with Crippen LogP contribution in [0.25, 0.3) is 0 Å². The molecule has 1 fully saturated rings. The number of carbonyl (C=O) groups is 2. The first-order chi connectivity index (χ1) is 14.0. The van der Waals surface area contributed by atoms with Crippen LogP contribution in [0.3, 0.4) is 0 Å². The van der Waals surface area contributed by atoms with Gasteiger partial charge in [0.2, 0.25) is 5.16 Å². The lowest BCUT2D eigenvalue weighted by Crippen LogP contribution is -2.11. The van der Waals surface area contributed by atoms with E-state index in [1.54, 1.807) is 13.8 Å². The first-order valence-electron chi connectivity index (χ1n) is 9.82. The van der Waals surface area contributed by atoms with Gasteiger partial charge in [-0.3, -0.25) is 5.10 Å². The van der Waals surface area contributed by atoms with E-state index >= 15 is 0 Å². The third-order valence-corrected chi connectivity index (χ3v) is 6.70. The van der Waals surface area contributed by atoms with Crippen molar-refractivity contribution in [3.63, 3.8) is 0 Å². The van der Waals surface area contributed by atoms with Gasteiger partial charge in [-0.05, 0) is 19.8 Å². The molecule has 1 saturated carbocycles. The molecule has 3 rings (SSSR count). The van der Waals surface area contributed by atoms with E-state index in [0.29, 0.717) is 27.3 Å². The number of thioether (sulfide) groups is 1. The fraction of sp³-hybridized carbons (Fsp3) is 0.579. The van der Waals surface area contributed by atoms with Crippen LogP contribution in [-0.4, -0.2) is 40.3 Å². The van der Waals surface area contributed by atoms with Crippen LogP contribution in [0.15, 0.2) is 5.16 Å². The van der Waals surface area contributed by atoms with Crippen LogP contribution in [0.2, 0.25) is 0 Å². The molecule has 2 heterocycles. The Morgan fingerprint density at radius 3 is 2.59 bits per heavy atom. The van der Waals surface area contributed by atoms with E-state index in [2.05, 4.69) is 15.2 Å². The lowest BCUT2D eigenvalue weighted by molar-refractivity contribution is 0.0527. The van der Waals surface area contributed by atoms with Crippen molar-refractivity contribution in [2.24, 2.45) is 5.92 Å². The van der Waals surface area contributed by atoms with E-state index in [0.717, 1.165) is 23.6 Å². The number of anilines is 1. The zero-order valence-corrected chi connectivity index (χ0v) is 18.3. The number of aromatic nitrogens is 3. The van der Waals surface area contributed by atoms with Crippen LogP contribution < -0.4 is 5.73 Å². The molecule has 0 spiro atoms. The predicted molar refractivity (Wildman–Crippen MR) is 112 cm³/mol. The molecule has 1 aliphatic rings. The highest BCUT2D eigenvalue weighted by atomic mass is 32.2. The Morgan fingerprint density at radius 1 is 1.21 bits per heavy atom. The van der Waals surface area contributed by atoms with E-state index in [1.165, 1.54) is 37.4 Å². The molecule has 0 amide bonds. The minimum atomic E-state index is -0.538. The summed E-state index contributed by atoms with van der Waals surface area (Å²) in [6, 6.07) is 0. The molecule has 2 aromatic rings. The minimum absolute atomic E-state index is 0.223. The van der Waals surface area contributed by atoms with Gasteiger partial charge >= 0.3 is 11.9 Å². The second kappa shape index (κ2) is 10.1. The van der Waals surface area contributed by atoms with E-state index in [-0.39, 0.29) is 23.8 Å². The molecule has 0 aliphatic heterocycles. The molecule has 29 heavy (non-hydrogen) atoms. The average molecular weight is 439 g/mol. The number of nitrogens with two attached hydrogens (primary N) is 1. The summed E-state index contributed by atoms with van der Waals surface area (Å²) in [5.41, 5.74) is 6.78. The number of thiophene rings is 1. The Morgan fingerprint density at radius 2 is 1.90 bits per heavy atom. The third-order valence-electron chi connectivity index (χ3n) is 4.79. The number of esters is 2. The second-order valence-corrected chi connectivity index (χ2v) is 8.79. The smallest absolute Gasteiger partial charge is 0.348 e. The first kappa shape index (κ1) is 21.6. The number of nitrogens with zero attached hydrogens (tertiary/aromatic N) is 2. The highest BCUT2D eigenvalue weighted by Crippen LogP contribution is 2.36. The summed E-state index contributed by atoms with van der Waals surface area (Å²) in [6.45, 7) is 3.92. The van der Waals surface area contributed by atoms with E-state index in [4.69, 9.17) is 15.2 Å². The maximum atomic E-state index is 12.4. The van der Waals surface area contributed by atoms with Crippen molar-refractivity contribution in [1.82, 2.24) is 15.2 Å². The Bertz CT molecular complexity index is 859. The zero-order valence-electron chi connectivity index (χ0n) is 16.7. The third kappa shape index (κ3) is 5.30. The number of hydrogen-bond donors (Lipinski definition) is 2. The van der Waals surface area contributed by atoms with Gasteiger partial charge < -0.3 is 15.2 Å². The summed E-state index contributed by atoms with van der Waals surface area (Å²) in [7, 11) is 0. The number of carbonyl (C=O) groups excluding carboxylic acids is 2. The molecule has 158 valence electrons. The predicted octanol–water partition coefficient (Wildman–Crippen LogP) is 3.83. The van der Waals surface area contributed by atoms with E-state index < -0.39 is 11.9 Å². The number of aromatic amines is 1. The Balaban J connectivity index is 1.76. The molecule has 0 saturated heterocycles. The van der Waals surface area contributed by atoms with Gasteiger partial charge in [-0.25, -0.2) is 14.6 Å². The van der Waals surface area contributed by atoms with Crippen molar-refractivity contribution in [1.29, 1.82) is 0 Å². The molecule has 0 unspecified atom stereocenters. The van der Waals surface area contributed by atoms with Gasteiger partial charge in [0.15, 0.2) is 0 Å². The Hall–Kier alpha value is -2.07. The fourth-order valence-corrected chi connectivity index (χ4v) is 5.38. The molecule has 0 radical (unpaired) electrons. The zero-order chi connectivity index (χ0) is 20.8. The molecule has 3 N–H and O–H groups in total. The average Bonchev–Trinajstić information content (AvgIpc) is 3.41. The number of rotatable bonds is 9. The number of nitrogen functional groups attached to an aromatic ring is 1. The largest absolute Gasteiger partial charge is 0.462 e. The van der Waals surface area contributed by atoms with Crippen LogP contribution in [0.1, 0.15) is 70.9 Å². The maximum Gasteiger partial charge on any atom is 0.348 e. The summed E-state index contributed by atoms with van der Waals surface area (Å²) in [5, 5.41) is 8.10. The SMILES string of the molecule is CCOC(=O)c1sc(N)c(C(=O)OCC)c1CSc1n[nH]c(CC2CCCC2)n1. The summed E-state index contributed by atoms with van der Waals surface area (Å²) in [4.78, 5) is 29.6. The summed E-state index contributed by atoms with van der Waals surface area (Å²) >= 11 is 2.39.